The number of aromatic nitrogens is 1. The molecule has 0 bridgehead atoms. The average molecular weight is 290 g/mol. The van der Waals surface area contributed by atoms with Gasteiger partial charge in [0.05, 0.1) is 5.92 Å². The normalized spacial score (nSPS) is 24.3. The van der Waals surface area contributed by atoms with Crippen LogP contribution in [0, 0.1) is 18.0 Å². The second-order valence-electron chi connectivity index (χ2n) is 5.56. The van der Waals surface area contributed by atoms with Crippen molar-refractivity contribution in [2.45, 2.75) is 39.3 Å². The number of fused-ring (bicyclic) bond motifs is 2. The van der Waals surface area contributed by atoms with Crippen molar-refractivity contribution in [3.05, 3.63) is 34.3 Å². The summed E-state index contributed by atoms with van der Waals surface area (Å²) in [5.74, 6) is -0.426. The molecule has 2 aliphatic rings. The number of carbonyl (C=O) groups excluding carboxylic acids is 1. The van der Waals surface area contributed by atoms with Crippen LogP contribution in [0.25, 0.3) is 0 Å². The minimum atomic E-state index is -0.912. The van der Waals surface area contributed by atoms with Gasteiger partial charge in [0.15, 0.2) is 5.70 Å². The minimum absolute atomic E-state index is 0.283. The molecule has 0 amide bonds. The Kier molecular flexibility index (Phi) is 3.33. The molecular weight excluding hydrogens is 272 g/mol. The minimum Gasteiger partial charge on any atom is -0.618 e. The predicted octanol–water partition coefficient (Wildman–Crippen LogP) is 1.84. The van der Waals surface area contributed by atoms with E-state index in [9.17, 15) is 15.1 Å². The van der Waals surface area contributed by atoms with Crippen LogP contribution in [0.2, 0.25) is 0 Å². The Morgan fingerprint density at radius 1 is 1.57 bits per heavy atom. The third-order valence-corrected chi connectivity index (χ3v) is 4.02. The molecule has 6 heteroatoms. The number of ether oxygens (including phenoxy) is 1. The fourth-order valence-corrected chi connectivity index (χ4v) is 3.12. The molecule has 1 N–H and O–H groups in total. The van der Waals surface area contributed by atoms with E-state index in [0.29, 0.717) is 22.8 Å². The van der Waals surface area contributed by atoms with Crippen molar-refractivity contribution in [1.29, 1.82) is 0 Å². The van der Waals surface area contributed by atoms with Crippen molar-refractivity contribution < 1.29 is 19.4 Å². The molecule has 0 radical (unpaired) electrons. The van der Waals surface area contributed by atoms with Gasteiger partial charge in [-0.15, -0.1) is 0 Å². The maximum absolute atomic E-state index is 12.3. The highest BCUT2D eigenvalue weighted by Crippen LogP contribution is 2.39. The summed E-state index contributed by atoms with van der Waals surface area (Å²) in [6, 6.07) is 1.74. The van der Waals surface area contributed by atoms with Crippen LogP contribution in [0.4, 0.5) is 0 Å². The van der Waals surface area contributed by atoms with Gasteiger partial charge in [0, 0.05) is 12.5 Å². The first-order valence-electron chi connectivity index (χ1n) is 7.08. The second kappa shape index (κ2) is 5.04. The Bertz CT molecular complexity index is 657. The number of rotatable bonds is 1. The zero-order chi connectivity index (χ0) is 15.1. The molecule has 3 rings (SSSR count). The molecule has 1 aliphatic carbocycles. The summed E-state index contributed by atoms with van der Waals surface area (Å²) >= 11 is 0. The summed E-state index contributed by atoms with van der Waals surface area (Å²) in [5.41, 5.74) is 1.84. The maximum atomic E-state index is 12.3. The van der Waals surface area contributed by atoms with E-state index in [2.05, 4.69) is 0 Å². The van der Waals surface area contributed by atoms with Crippen LogP contribution in [0.5, 0.6) is 5.88 Å². The number of allylic oxidation sites excluding steroid dienone is 1. The lowest BCUT2D eigenvalue weighted by Crippen LogP contribution is -2.25. The van der Waals surface area contributed by atoms with E-state index in [0.717, 1.165) is 24.0 Å². The molecule has 2 heterocycles. The molecule has 112 valence electrons. The summed E-state index contributed by atoms with van der Waals surface area (Å²) < 4.78 is 7.59. The molecular formula is C15H18N2O4. The van der Waals surface area contributed by atoms with Crippen molar-refractivity contribution >= 4 is 12.2 Å². The number of aryl methyl sites for hydroxylation is 1. The Morgan fingerprint density at radius 3 is 3.05 bits per heavy atom. The average Bonchev–Trinajstić information content (AvgIpc) is 2.68. The van der Waals surface area contributed by atoms with Gasteiger partial charge in [0.25, 0.3) is 0 Å². The van der Waals surface area contributed by atoms with Crippen molar-refractivity contribution in [2.75, 3.05) is 0 Å². The summed E-state index contributed by atoms with van der Waals surface area (Å²) in [6.07, 6.45) is 4.90. The molecule has 1 aliphatic heterocycles. The quantitative estimate of drug-likeness (QED) is 0.486. The van der Waals surface area contributed by atoms with Gasteiger partial charge in [0.1, 0.15) is 11.9 Å². The number of carbonyl (C=O) groups is 1. The number of aliphatic hydroxyl groups excluding tert-OH is 1. The van der Waals surface area contributed by atoms with Crippen LogP contribution >= 0.6 is 0 Å². The molecule has 2 unspecified atom stereocenters. The predicted molar refractivity (Wildman–Crippen MR) is 76.0 cm³/mol. The molecule has 0 aromatic carbocycles. The van der Waals surface area contributed by atoms with Crippen LogP contribution < -0.4 is 4.74 Å². The Morgan fingerprint density at radius 2 is 2.33 bits per heavy atom. The third-order valence-electron chi connectivity index (χ3n) is 4.02. The van der Waals surface area contributed by atoms with Crippen molar-refractivity contribution in [2.24, 2.45) is 5.92 Å². The SMILES string of the molecule is CC(=O)Oc1c(C)cc2n1C(O)C1CCCC=C1[N+]([O-])=C2. The molecule has 6 nitrogen and oxygen atoms in total. The number of esters is 1. The van der Waals surface area contributed by atoms with Gasteiger partial charge in [-0.2, -0.15) is 4.74 Å². The van der Waals surface area contributed by atoms with Crippen molar-refractivity contribution in [3.63, 3.8) is 0 Å². The van der Waals surface area contributed by atoms with E-state index >= 15 is 0 Å². The maximum Gasteiger partial charge on any atom is 0.309 e. The van der Waals surface area contributed by atoms with Gasteiger partial charge < -0.3 is 15.1 Å². The molecule has 0 fully saturated rings. The van der Waals surface area contributed by atoms with E-state index < -0.39 is 12.2 Å². The van der Waals surface area contributed by atoms with Gasteiger partial charge in [-0.25, -0.2) is 0 Å². The number of hydrogen-bond donors (Lipinski definition) is 1. The van der Waals surface area contributed by atoms with Crippen LogP contribution in [-0.4, -0.2) is 26.6 Å². The van der Waals surface area contributed by atoms with Gasteiger partial charge in [-0.3, -0.25) is 9.36 Å². The first-order valence-corrected chi connectivity index (χ1v) is 7.08. The molecule has 0 saturated carbocycles. The molecule has 21 heavy (non-hydrogen) atoms. The van der Waals surface area contributed by atoms with E-state index in [1.54, 1.807) is 17.6 Å². The Balaban J connectivity index is 2.16. The highest BCUT2D eigenvalue weighted by molar-refractivity contribution is 5.77. The van der Waals surface area contributed by atoms with Crippen molar-refractivity contribution in [3.8, 4) is 5.88 Å². The zero-order valence-electron chi connectivity index (χ0n) is 12.1. The third kappa shape index (κ3) is 2.25. The summed E-state index contributed by atoms with van der Waals surface area (Å²) in [6.45, 7) is 3.10. The highest BCUT2D eigenvalue weighted by Gasteiger charge is 2.37. The van der Waals surface area contributed by atoms with Crippen LogP contribution in [0.3, 0.4) is 0 Å². The number of aliphatic hydroxyl groups is 1. The molecule has 0 spiro atoms. The molecule has 0 saturated heterocycles. The first kappa shape index (κ1) is 13.9. The van der Waals surface area contributed by atoms with E-state index in [1.165, 1.54) is 13.1 Å². The lowest BCUT2D eigenvalue weighted by molar-refractivity contribution is -0.408. The topological polar surface area (TPSA) is 77.5 Å². The summed E-state index contributed by atoms with van der Waals surface area (Å²) in [5, 5.41) is 23.0. The van der Waals surface area contributed by atoms with E-state index in [-0.39, 0.29) is 5.92 Å². The highest BCUT2D eigenvalue weighted by atomic mass is 16.5. The van der Waals surface area contributed by atoms with Crippen LogP contribution in [-0.2, 0) is 4.79 Å². The van der Waals surface area contributed by atoms with E-state index in [4.69, 9.17) is 4.74 Å². The number of hydroxylamine groups is 1. The van der Waals surface area contributed by atoms with Gasteiger partial charge >= 0.3 is 5.97 Å². The van der Waals surface area contributed by atoms with Crippen LogP contribution in [0.1, 0.15) is 43.7 Å². The van der Waals surface area contributed by atoms with Gasteiger partial charge in [-0.1, -0.05) is 0 Å². The summed E-state index contributed by atoms with van der Waals surface area (Å²) in [4.78, 5) is 11.3. The fourth-order valence-electron chi connectivity index (χ4n) is 3.12. The lowest BCUT2D eigenvalue weighted by Gasteiger charge is -2.26. The zero-order valence-corrected chi connectivity index (χ0v) is 12.1. The Hall–Kier alpha value is -2.08. The monoisotopic (exact) mass is 290 g/mol. The second-order valence-corrected chi connectivity index (χ2v) is 5.56. The smallest absolute Gasteiger partial charge is 0.309 e. The molecule has 2 atom stereocenters. The largest absolute Gasteiger partial charge is 0.618 e. The fraction of sp³-hybridized carbons (Fsp3) is 0.467. The number of nitrogens with zero attached hydrogens (tertiary/aromatic N) is 2. The molecule has 1 aromatic rings. The molecule has 1 aromatic heterocycles. The number of hydrogen-bond acceptors (Lipinski definition) is 4. The van der Waals surface area contributed by atoms with Crippen LogP contribution in [0.15, 0.2) is 17.8 Å². The first-order chi connectivity index (χ1) is 9.99. The van der Waals surface area contributed by atoms with Crippen molar-refractivity contribution in [1.82, 2.24) is 4.57 Å². The standard InChI is InChI=1S/C15H18N2O4/c1-9-7-11-8-16(20)13-6-4-3-5-12(13)14(19)17(11)15(9)21-10(2)18/h6-8,12,14,19H,3-5H2,1-2H3. The van der Waals surface area contributed by atoms with E-state index in [1.807, 2.05) is 6.08 Å². The van der Waals surface area contributed by atoms with Gasteiger partial charge in [-0.05, 0) is 38.3 Å². The Labute approximate surface area is 122 Å². The summed E-state index contributed by atoms with van der Waals surface area (Å²) in [7, 11) is 0. The lowest BCUT2D eigenvalue weighted by atomic mass is 9.91. The van der Waals surface area contributed by atoms with Gasteiger partial charge in [0.2, 0.25) is 12.1 Å².